The van der Waals surface area contributed by atoms with E-state index in [9.17, 15) is 9.59 Å². The second-order valence-corrected chi connectivity index (χ2v) is 7.43. The van der Waals surface area contributed by atoms with Crippen LogP contribution in [0.1, 0.15) is 32.1 Å². The van der Waals surface area contributed by atoms with Crippen molar-refractivity contribution in [3.8, 4) is 0 Å². The normalized spacial score (nSPS) is 21.3. The Morgan fingerprint density at radius 2 is 1.35 bits per heavy atom. The Morgan fingerprint density at radius 3 is 1.92 bits per heavy atom. The third kappa shape index (κ3) is 5.59. The van der Waals surface area contributed by atoms with Crippen molar-refractivity contribution in [1.29, 1.82) is 0 Å². The lowest BCUT2D eigenvalue weighted by molar-refractivity contribution is -0.139. The predicted molar refractivity (Wildman–Crippen MR) is 103 cm³/mol. The van der Waals surface area contributed by atoms with Gasteiger partial charge in [-0.2, -0.15) is 0 Å². The fraction of sp³-hybridized carbons (Fsp3) is 0.700. The van der Waals surface area contributed by atoms with E-state index in [2.05, 4.69) is 15.9 Å². The molecule has 3 aliphatic rings. The second-order valence-electron chi connectivity index (χ2n) is 7.43. The molecule has 6 heteroatoms. The van der Waals surface area contributed by atoms with E-state index >= 15 is 0 Å². The number of piperazine rings is 1. The number of likely N-dealkylation sites (tertiary alicyclic amines) is 1. The molecule has 0 N–H and O–H groups in total. The van der Waals surface area contributed by atoms with Crippen LogP contribution in [-0.2, 0) is 9.59 Å². The monoisotopic (exact) mass is 360 g/mol. The zero-order valence-corrected chi connectivity index (χ0v) is 15.8. The molecule has 0 atom stereocenters. The van der Waals surface area contributed by atoms with Crippen LogP contribution in [0.4, 0.5) is 0 Å². The zero-order valence-electron chi connectivity index (χ0n) is 15.8. The maximum Gasteiger partial charge on any atom is 0.224 e. The number of piperidine rings is 1. The minimum atomic E-state index is 0.202. The molecule has 2 saturated heterocycles. The molecule has 0 spiro atoms. The summed E-state index contributed by atoms with van der Waals surface area (Å²) < 4.78 is 0. The summed E-state index contributed by atoms with van der Waals surface area (Å²) in [6, 6.07) is 0. The van der Waals surface area contributed by atoms with E-state index in [1.165, 1.54) is 19.3 Å². The van der Waals surface area contributed by atoms with Crippen LogP contribution >= 0.6 is 0 Å². The molecular weight excluding hydrogens is 328 g/mol. The minimum Gasteiger partial charge on any atom is -0.373 e. The number of nitrogens with zero attached hydrogens (tertiary/aromatic N) is 4. The van der Waals surface area contributed by atoms with E-state index < -0.39 is 0 Å². The van der Waals surface area contributed by atoms with Crippen molar-refractivity contribution >= 4 is 11.8 Å². The van der Waals surface area contributed by atoms with Crippen molar-refractivity contribution in [2.45, 2.75) is 32.1 Å². The Hall–Kier alpha value is -1.82. The summed E-state index contributed by atoms with van der Waals surface area (Å²) in [6.45, 7) is 7.49. The van der Waals surface area contributed by atoms with E-state index in [0.717, 1.165) is 32.7 Å². The number of carbonyl (C=O) groups excluding carboxylic acids is 2. The average molecular weight is 361 g/mol. The third-order valence-corrected chi connectivity index (χ3v) is 5.57. The zero-order chi connectivity index (χ0) is 18.2. The van der Waals surface area contributed by atoms with Gasteiger partial charge in [-0.25, -0.2) is 0 Å². The molecular formula is C20H32N4O2. The van der Waals surface area contributed by atoms with E-state index in [0.29, 0.717) is 39.0 Å². The van der Waals surface area contributed by atoms with Gasteiger partial charge < -0.3 is 19.6 Å². The van der Waals surface area contributed by atoms with Crippen molar-refractivity contribution in [2.24, 2.45) is 0 Å². The van der Waals surface area contributed by atoms with Crippen molar-refractivity contribution in [3.63, 3.8) is 0 Å². The van der Waals surface area contributed by atoms with Gasteiger partial charge in [0.15, 0.2) is 0 Å². The molecule has 0 aromatic carbocycles. The van der Waals surface area contributed by atoms with Crippen LogP contribution in [0.2, 0.25) is 0 Å². The van der Waals surface area contributed by atoms with Crippen molar-refractivity contribution < 1.29 is 9.59 Å². The van der Waals surface area contributed by atoms with Gasteiger partial charge in [-0.3, -0.25) is 9.59 Å². The maximum atomic E-state index is 12.4. The van der Waals surface area contributed by atoms with Gasteiger partial charge >= 0.3 is 0 Å². The highest BCUT2D eigenvalue weighted by molar-refractivity contribution is 5.78. The number of rotatable bonds is 6. The molecule has 3 rings (SSSR count). The Morgan fingerprint density at radius 1 is 0.731 bits per heavy atom. The van der Waals surface area contributed by atoms with Crippen molar-refractivity contribution in [1.82, 2.24) is 19.6 Å². The summed E-state index contributed by atoms with van der Waals surface area (Å²) in [5.74, 6) is 0.446. The molecule has 0 saturated carbocycles. The van der Waals surface area contributed by atoms with Crippen LogP contribution in [0.25, 0.3) is 0 Å². The Labute approximate surface area is 157 Å². The Kier molecular flexibility index (Phi) is 7.12. The van der Waals surface area contributed by atoms with Crippen LogP contribution in [-0.4, -0.2) is 90.3 Å². The molecule has 144 valence electrons. The second kappa shape index (κ2) is 9.76. The molecule has 6 nitrogen and oxygen atoms in total. The highest BCUT2D eigenvalue weighted by Gasteiger charge is 2.24. The fourth-order valence-electron chi connectivity index (χ4n) is 3.87. The van der Waals surface area contributed by atoms with E-state index in [1.54, 1.807) is 0 Å². The molecule has 0 aromatic heterocycles. The van der Waals surface area contributed by atoms with Gasteiger partial charge in [0.05, 0.1) is 0 Å². The molecule has 0 aliphatic carbocycles. The smallest absolute Gasteiger partial charge is 0.224 e. The van der Waals surface area contributed by atoms with Crippen LogP contribution in [0, 0.1) is 0 Å². The highest BCUT2D eigenvalue weighted by Crippen LogP contribution is 2.11. The molecule has 26 heavy (non-hydrogen) atoms. The summed E-state index contributed by atoms with van der Waals surface area (Å²) in [4.78, 5) is 33.2. The molecule has 0 unspecified atom stereocenters. The van der Waals surface area contributed by atoms with Gasteiger partial charge in [-0.05, 0) is 38.2 Å². The van der Waals surface area contributed by atoms with E-state index in [-0.39, 0.29) is 11.8 Å². The van der Waals surface area contributed by atoms with Gasteiger partial charge in [0, 0.05) is 58.7 Å². The summed E-state index contributed by atoms with van der Waals surface area (Å²) in [5, 5.41) is 0. The quantitative estimate of drug-likeness (QED) is 0.717. The molecule has 3 aliphatic heterocycles. The largest absolute Gasteiger partial charge is 0.373 e. The fourth-order valence-corrected chi connectivity index (χ4v) is 3.87. The number of hydrogen-bond donors (Lipinski definition) is 0. The minimum absolute atomic E-state index is 0.202. The summed E-state index contributed by atoms with van der Waals surface area (Å²) >= 11 is 0. The van der Waals surface area contributed by atoms with Gasteiger partial charge in [0.1, 0.15) is 0 Å². The van der Waals surface area contributed by atoms with Crippen LogP contribution in [0.5, 0.6) is 0 Å². The molecule has 2 amide bonds. The van der Waals surface area contributed by atoms with E-state index in [1.807, 2.05) is 28.2 Å². The van der Waals surface area contributed by atoms with Crippen LogP contribution < -0.4 is 0 Å². The molecule has 0 radical (unpaired) electrons. The van der Waals surface area contributed by atoms with Gasteiger partial charge in [-0.1, -0.05) is 18.6 Å². The number of hydrogen-bond acceptors (Lipinski definition) is 4. The first-order valence-corrected chi connectivity index (χ1v) is 10.1. The number of carbonyl (C=O) groups is 2. The van der Waals surface area contributed by atoms with E-state index in [4.69, 9.17) is 0 Å². The van der Waals surface area contributed by atoms with Crippen molar-refractivity contribution in [2.75, 3.05) is 58.9 Å². The van der Waals surface area contributed by atoms with Gasteiger partial charge in [-0.15, -0.1) is 0 Å². The third-order valence-electron chi connectivity index (χ3n) is 5.57. The lowest BCUT2D eigenvalue weighted by Gasteiger charge is -2.36. The van der Waals surface area contributed by atoms with Crippen LogP contribution in [0.15, 0.2) is 24.4 Å². The maximum absolute atomic E-state index is 12.4. The Balaban J connectivity index is 1.32. The first kappa shape index (κ1) is 19.0. The topological polar surface area (TPSA) is 47.1 Å². The van der Waals surface area contributed by atoms with Crippen molar-refractivity contribution in [3.05, 3.63) is 24.4 Å². The standard InChI is InChI=1S/C20H32N4O2/c25-19(7-13-21-9-3-1-4-10-21)23-15-17-24(18-16-23)20(26)8-14-22-11-5-2-6-12-22/h1,3-4,9H,2,5-8,10-18H2. The highest BCUT2D eigenvalue weighted by atomic mass is 16.2. The first-order valence-electron chi connectivity index (χ1n) is 10.1. The van der Waals surface area contributed by atoms with Gasteiger partial charge in [0.25, 0.3) is 0 Å². The average Bonchev–Trinajstić information content (AvgIpc) is 2.72. The predicted octanol–water partition coefficient (Wildman–Crippen LogP) is 1.31. The summed E-state index contributed by atoms with van der Waals surface area (Å²) in [6.07, 6.45) is 13.2. The molecule has 3 heterocycles. The lowest BCUT2D eigenvalue weighted by Crippen LogP contribution is -2.51. The molecule has 2 fully saturated rings. The summed E-state index contributed by atoms with van der Waals surface area (Å²) in [5.41, 5.74) is 0. The number of amides is 2. The Bertz CT molecular complexity index is 532. The number of allylic oxidation sites excluding steroid dienone is 2. The SMILES string of the molecule is O=C(CCN1C=CC=CC1)N1CCN(C(=O)CCN2CCCCC2)CC1. The van der Waals surface area contributed by atoms with Gasteiger partial charge in [0.2, 0.25) is 11.8 Å². The molecule has 0 aromatic rings. The molecule has 0 bridgehead atoms. The summed E-state index contributed by atoms with van der Waals surface area (Å²) in [7, 11) is 0. The first-order chi connectivity index (χ1) is 12.7. The lowest BCUT2D eigenvalue weighted by atomic mass is 10.1. The van der Waals surface area contributed by atoms with Crippen LogP contribution in [0.3, 0.4) is 0 Å².